The van der Waals surface area contributed by atoms with Crippen LogP contribution in [0.25, 0.3) is 10.8 Å². The van der Waals surface area contributed by atoms with Crippen LogP contribution in [0.2, 0.25) is 0 Å². The van der Waals surface area contributed by atoms with E-state index in [9.17, 15) is 14.4 Å². The molecule has 0 N–H and O–H groups in total. The van der Waals surface area contributed by atoms with Gasteiger partial charge in [0.05, 0.1) is 31.3 Å². The van der Waals surface area contributed by atoms with E-state index in [1.165, 1.54) is 10.8 Å². The Labute approximate surface area is 286 Å². The number of nitrogens with zero attached hydrogens (tertiary/aromatic N) is 7. The fraction of sp³-hybridized carbons (Fsp3) is 0.421. The highest BCUT2D eigenvalue weighted by atomic mass is 19.1. The summed E-state index contributed by atoms with van der Waals surface area (Å²) in [5.41, 5.74) is 4.09. The summed E-state index contributed by atoms with van der Waals surface area (Å²) < 4.78 is 25.9. The van der Waals surface area contributed by atoms with Gasteiger partial charge >= 0.3 is 12.0 Å². The Morgan fingerprint density at radius 3 is 2.59 bits per heavy atom. The molecule has 4 heterocycles. The number of halogens is 1. The Balaban J connectivity index is 1.12. The lowest BCUT2D eigenvalue weighted by atomic mass is 10.0. The average Bonchev–Trinajstić information content (AvgIpc) is 3.46. The number of carbonyl (C=O) groups excluding carboxylic acids is 1. The number of nitriles is 1. The molecule has 0 bridgehead atoms. The number of rotatable bonds is 10. The van der Waals surface area contributed by atoms with Crippen molar-refractivity contribution >= 4 is 28.2 Å². The first kappa shape index (κ1) is 32.7. The SMILES string of the molecule is CN1C[C@H](F)C[C@H]1COc1nc2c(c(N3CCN(CC(=O)OCc4ccccc4)[C@@H](CC#N)C3)n1)CCN(c1cccc3ccccc13)C2. The van der Waals surface area contributed by atoms with Gasteiger partial charge in [0.2, 0.25) is 0 Å². The molecule has 11 heteroatoms. The number of fused-ring (bicyclic) bond motifs is 2. The fourth-order valence-corrected chi connectivity index (χ4v) is 7.32. The third-order valence-electron chi connectivity index (χ3n) is 9.98. The van der Waals surface area contributed by atoms with Crippen LogP contribution >= 0.6 is 0 Å². The van der Waals surface area contributed by atoms with Crippen molar-refractivity contribution in [3.05, 3.63) is 89.6 Å². The summed E-state index contributed by atoms with van der Waals surface area (Å²) in [6, 6.07) is 26.8. The van der Waals surface area contributed by atoms with Crippen LogP contribution in [0.15, 0.2) is 72.8 Å². The predicted octanol–water partition coefficient (Wildman–Crippen LogP) is 4.76. The molecule has 2 saturated heterocycles. The summed E-state index contributed by atoms with van der Waals surface area (Å²) in [6.45, 7) is 4.17. The molecule has 10 nitrogen and oxygen atoms in total. The van der Waals surface area contributed by atoms with Gasteiger partial charge in [-0.15, -0.1) is 0 Å². The summed E-state index contributed by atoms with van der Waals surface area (Å²) in [4.78, 5) is 31.4. The third-order valence-corrected chi connectivity index (χ3v) is 9.98. The predicted molar refractivity (Wildman–Crippen MR) is 186 cm³/mol. The topological polar surface area (TPSA) is 98.1 Å². The van der Waals surface area contributed by atoms with Crippen LogP contribution in [-0.2, 0) is 29.1 Å². The molecule has 7 rings (SSSR count). The number of alkyl halides is 1. The van der Waals surface area contributed by atoms with Crippen LogP contribution in [0.5, 0.6) is 6.01 Å². The molecule has 0 radical (unpaired) electrons. The van der Waals surface area contributed by atoms with Crippen molar-refractivity contribution < 1.29 is 18.7 Å². The van der Waals surface area contributed by atoms with E-state index in [-0.39, 0.29) is 43.6 Å². The zero-order valence-corrected chi connectivity index (χ0v) is 27.9. The quantitative estimate of drug-likeness (QED) is 0.221. The van der Waals surface area contributed by atoms with Crippen LogP contribution in [0.1, 0.15) is 29.7 Å². The van der Waals surface area contributed by atoms with E-state index in [1.54, 1.807) is 0 Å². The molecular formula is C38H42FN7O3. The number of esters is 1. The number of aromatic nitrogens is 2. The van der Waals surface area contributed by atoms with Gasteiger partial charge in [-0.05, 0) is 36.9 Å². The first-order chi connectivity index (χ1) is 23.9. The van der Waals surface area contributed by atoms with Crippen LogP contribution in [0, 0.1) is 11.3 Å². The Bertz CT molecular complexity index is 1810. The van der Waals surface area contributed by atoms with E-state index in [1.807, 2.05) is 47.2 Å². The zero-order valence-electron chi connectivity index (χ0n) is 27.9. The van der Waals surface area contributed by atoms with Crippen molar-refractivity contribution in [2.24, 2.45) is 0 Å². The second-order valence-corrected chi connectivity index (χ2v) is 13.2. The van der Waals surface area contributed by atoms with Gasteiger partial charge < -0.3 is 19.3 Å². The van der Waals surface area contributed by atoms with Gasteiger partial charge in [0.25, 0.3) is 0 Å². The maximum absolute atomic E-state index is 14.1. The van der Waals surface area contributed by atoms with Crippen molar-refractivity contribution in [2.75, 3.05) is 62.7 Å². The van der Waals surface area contributed by atoms with E-state index in [0.717, 1.165) is 41.3 Å². The fourth-order valence-electron chi connectivity index (χ4n) is 7.32. The van der Waals surface area contributed by atoms with Gasteiger partial charge in [-0.1, -0.05) is 66.7 Å². The Hall–Kier alpha value is -4.79. The first-order valence-electron chi connectivity index (χ1n) is 17.1. The largest absolute Gasteiger partial charge is 0.462 e. The number of hydrogen-bond acceptors (Lipinski definition) is 10. The molecule has 3 aliphatic heterocycles. The van der Waals surface area contributed by atoms with Gasteiger partial charge in [-0.25, -0.2) is 4.39 Å². The van der Waals surface area contributed by atoms with Crippen molar-refractivity contribution in [3.63, 3.8) is 0 Å². The Morgan fingerprint density at radius 1 is 0.959 bits per heavy atom. The van der Waals surface area contributed by atoms with Gasteiger partial charge in [-0.2, -0.15) is 15.2 Å². The molecule has 0 unspecified atom stereocenters. The monoisotopic (exact) mass is 663 g/mol. The van der Waals surface area contributed by atoms with Crippen LogP contribution < -0.4 is 14.5 Å². The van der Waals surface area contributed by atoms with E-state index in [4.69, 9.17) is 19.4 Å². The summed E-state index contributed by atoms with van der Waals surface area (Å²) in [5.74, 6) is 0.506. The van der Waals surface area contributed by atoms with Crippen molar-refractivity contribution in [1.29, 1.82) is 5.26 Å². The molecular weight excluding hydrogens is 621 g/mol. The lowest BCUT2D eigenvalue weighted by molar-refractivity contribution is -0.147. The minimum Gasteiger partial charge on any atom is -0.462 e. The van der Waals surface area contributed by atoms with E-state index >= 15 is 0 Å². The third kappa shape index (κ3) is 7.46. The van der Waals surface area contributed by atoms with Crippen molar-refractivity contribution in [3.8, 4) is 12.1 Å². The second-order valence-electron chi connectivity index (χ2n) is 13.2. The average molecular weight is 664 g/mol. The molecule has 49 heavy (non-hydrogen) atoms. The summed E-state index contributed by atoms with van der Waals surface area (Å²) in [5, 5.41) is 12.1. The van der Waals surface area contributed by atoms with E-state index in [2.05, 4.69) is 58.3 Å². The van der Waals surface area contributed by atoms with Gasteiger partial charge in [0, 0.05) is 61.4 Å². The molecule has 2 fully saturated rings. The Kier molecular flexibility index (Phi) is 9.87. The molecule has 1 aromatic heterocycles. The molecule has 254 valence electrons. The van der Waals surface area contributed by atoms with Crippen molar-refractivity contribution in [1.82, 2.24) is 19.8 Å². The van der Waals surface area contributed by atoms with E-state index in [0.29, 0.717) is 45.8 Å². The van der Waals surface area contributed by atoms with Gasteiger partial charge in [0.15, 0.2) is 0 Å². The number of likely N-dealkylation sites (N-methyl/N-ethyl adjacent to an activating group) is 1. The zero-order chi connectivity index (χ0) is 33.7. The number of piperazine rings is 1. The lowest BCUT2D eigenvalue weighted by Crippen LogP contribution is -2.55. The molecule has 3 aromatic carbocycles. The maximum Gasteiger partial charge on any atom is 0.320 e. The van der Waals surface area contributed by atoms with Crippen LogP contribution in [0.4, 0.5) is 15.9 Å². The summed E-state index contributed by atoms with van der Waals surface area (Å²) in [7, 11) is 1.92. The number of anilines is 2. The number of ether oxygens (including phenoxy) is 2. The molecule has 0 saturated carbocycles. The number of carbonyl (C=O) groups is 1. The summed E-state index contributed by atoms with van der Waals surface area (Å²) >= 11 is 0. The maximum atomic E-state index is 14.1. The second kappa shape index (κ2) is 14.8. The smallest absolute Gasteiger partial charge is 0.320 e. The molecule has 4 aromatic rings. The highest BCUT2D eigenvalue weighted by Gasteiger charge is 2.34. The van der Waals surface area contributed by atoms with Gasteiger partial charge in [-0.3, -0.25) is 14.6 Å². The standard InChI is InChI=1S/C38H42FN7O3/c1-43-21-29(39)20-31(43)26-49-38-41-34-23-45(35-13-7-11-28-10-5-6-12-32(28)35)17-15-33(34)37(42-38)46-19-18-44(30(22-46)14-16-40)24-36(47)48-25-27-8-3-2-4-9-27/h2-13,29-31H,14-15,17-26H2,1H3/t29-,30+,31+/m1/s1. The number of hydrogen-bond donors (Lipinski definition) is 0. The highest BCUT2D eigenvalue weighted by Crippen LogP contribution is 2.35. The van der Waals surface area contributed by atoms with Crippen molar-refractivity contribution in [2.45, 2.75) is 50.7 Å². The molecule has 0 amide bonds. The summed E-state index contributed by atoms with van der Waals surface area (Å²) in [6.07, 6.45) is 0.580. The normalized spacial score (nSPS) is 21.4. The van der Waals surface area contributed by atoms with Gasteiger partial charge in [0.1, 0.15) is 25.2 Å². The number of likely N-dealkylation sites (tertiary alicyclic amines) is 1. The minimum atomic E-state index is -0.864. The molecule has 0 spiro atoms. The Morgan fingerprint density at radius 2 is 1.78 bits per heavy atom. The minimum absolute atomic E-state index is 0.0459. The lowest BCUT2D eigenvalue weighted by Gasteiger charge is -2.42. The molecule has 3 atom stereocenters. The molecule has 0 aliphatic carbocycles. The first-order valence-corrected chi connectivity index (χ1v) is 17.1. The van der Waals surface area contributed by atoms with Crippen LogP contribution in [-0.4, -0.2) is 96.9 Å². The number of benzene rings is 3. The molecule has 3 aliphatic rings. The van der Waals surface area contributed by atoms with E-state index < -0.39 is 6.17 Å². The van der Waals surface area contributed by atoms with Crippen LogP contribution in [0.3, 0.4) is 0 Å². The highest BCUT2D eigenvalue weighted by molar-refractivity contribution is 5.94.